The molecule has 5 aromatic rings. The van der Waals surface area contributed by atoms with E-state index in [1.807, 2.05) is 0 Å². The normalized spacial score (nSPS) is 10.0. The monoisotopic (exact) mass is 1220 g/mol. The van der Waals surface area contributed by atoms with Crippen molar-refractivity contribution < 1.29 is 88.4 Å². The maximum Gasteiger partial charge on any atom is 2.00 e. The molecule has 5 aromatic carbocycles. The zero-order chi connectivity index (χ0) is 53.1. The summed E-state index contributed by atoms with van der Waals surface area (Å²) in [5.74, 6) is -2.47. The molecule has 0 saturated heterocycles. The molecule has 0 saturated carbocycles. The van der Waals surface area contributed by atoms with E-state index in [1.54, 1.807) is 80.6 Å². The molecule has 5 rings (SSSR count). The third-order valence-corrected chi connectivity index (χ3v) is 8.97. The topological polar surface area (TPSA) is 309 Å². The number of hydrogen-bond donors (Lipinski definition) is 0. The Hall–Kier alpha value is -7.13. The Labute approximate surface area is 457 Å². The molecule has 0 aliphatic heterocycles. The van der Waals surface area contributed by atoms with Crippen LogP contribution in [0.5, 0.6) is 23.0 Å². The van der Waals surface area contributed by atoms with Gasteiger partial charge in [0.25, 0.3) is 11.4 Å². The number of carbonyl (C=O) groups is 4. The molecule has 0 radical (unpaired) electrons. The first kappa shape index (κ1) is 66.9. The van der Waals surface area contributed by atoms with Crippen molar-refractivity contribution in [3.8, 4) is 23.0 Å². The van der Waals surface area contributed by atoms with Gasteiger partial charge in [0, 0.05) is 102 Å². The molecule has 0 fully saturated rings. The van der Waals surface area contributed by atoms with E-state index in [0.717, 1.165) is 50.2 Å². The van der Waals surface area contributed by atoms with E-state index in [-0.39, 0.29) is 95.5 Å². The number of hydrogen-bond acceptors (Lipinski definition) is 16. The van der Waals surface area contributed by atoms with Gasteiger partial charge in [-0.25, -0.2) is 0 Å². The van der Waals surface area contributed by atoms with E-state index >= 15 is 0 Å². The number of nitro benzene ring substituents is 2. The molecule has 26 heteroatoms. The van der Waals surface area contributed by atoms with Crippen LogP contribution in [-0.2, 0) is 58.1 Å². The summed E-state index contributed by atoms with van der Waals surface area (Å²) in [6.45, 7) is 0. The van der Waals surface area contributed by atoms with Crippen molar-refractivity contribution in [1.82, 2.24) is 19.6 Å². The minimum absolute atomic E-state index is 0. The molecule has 0 atom stereocenters. The van der Waals surface area contributed by atoms with E-state index in [4.69, 9.17) is 0 Å². The summed E-state index contributed by atoms with van der Waals surface area (Å²) in [6.07, 6.45) is 7.75. The van der Waals surface area contributed by atoms with Crippen molar-refractivity contribution in [2.45, 2.75) is 0 Å². The largest absolute Gasteiger partial charge is 2.00 e. The van der Waals surface area contributed by atoms with Gasteiger partial charge in [-0.2, -0.15) is 0 Å². The average Bonchev–Trinajstić information content (AvgIpc) is 3.32. The first-order chi connectivity index (χ1) is 33.0. The van der Waals surface area contributed by atoms with Gasteiger partial charge in [0.2, 0.25) is 25.6 Å². The molecule has 0 unspecified atom stereocenters. The van der Waals surface area contributed by atoms with Crippen LogP contribution in [-0.4, -0.2) is 136 Å². The van der Waals surface area contributed by atoms with Gasteiger partial charge in [-0.15, -0.1) is 0 Å². The quantitative estimate of drug-likeness (QED) is 0.0459. The fourth-order valence-electron chi connectivity index (χ4n) is 4.35. The first-order valence-electron chi connectivity index (χ1n) is 19.6. The fraction of sp³-hybridized carbons (Fsp3) is 0.174. The summed E-state index contributed by atoms with van der Waals surface area (Å²) in [7, 11) is 13.5. The number of rotatable bonds is 14. The Morgan fingerprint density at radius 3 is 0.833 bits per heavy atom. The number of para-hydroxylation sites is 4. The van der Waals surface area contributed by atoms with Crippen molar-refractivity contribution in [2.24, 2.45) is 20.0 Å². The Morgan fingerprint density at radius 1 is 0.417 bits per heavy atom. The van der Waals surface area contributed by atoms with Gasteiger partial charge >= 0.3 is 39.0 Å². The smallest absolute Gasteiger partial charge is 0.871 e. The summed E-state index contributed by atoms with van der Waals surface area (Å²) < 4.78 is 0.592. The number of aliphatic imine (C=N–C) groups is 4. The Bertz CT molecular complexity index is 2520. The van der Waals surface area contributed by atoms with Gasteiger partial charge in [-0.1, -0.05) is 91.9 Å². The molecule has 72 heavy (non-hydrogen) atoms. The van der Waals surface area contributed by atoms with Crippen molar-refractivity contribution >= 4 is 116 Å². The van der Waals surface area contributed by atoms with E-state index in [2.05, 4.69) is 51.8 Å². The van der Waals surface area contributed by atoms with E-state index in [1.165, 1.54) is 80.6 Å². The summed E-state index contributed by atoms with van der Waals surface area (Å²) in [5, 5.41) is 73.4. The van der Waals surface area contributed by atoms with Crippen molar-refractivity contribution in [3.05, 3.63) is 136 Å². The number of halogens is 2. The SMILES string of the molecule is CN(C)C=O.CN(C)C=O.CN(C)C=O.CN(C)C=O.O=[N+]([O-])c1cccc(C=Nc2cc(N=Cc3cccc([N+](=O)[O-])c3[O-])c(N=Cc3cccc(Br)c3[O-])cc2N=Cc2cccc(Br)c2[O-])c1[O-].[Zn+2].[Zn+2]. The van der Waals surface area contributed by atoms with Gasteiger partial charge in [-0.3, -0.25) is 59.4 Å². The zero-order valence-corrected chi connectivity index (χ0v) is 49.3. The molecule has 0 aliphatic carbocycles. The predicted molar refractivity (Wildman–Crippen MR) is 267 cm³/mol. The molecule has 0 spiro atoms. The second-order valence-electron chi connectivity index (χ2n) is 14.4. The average molecular weight is 1220 g/mol. The standard InChI is InChI=1S/C34H22Br2N6O8.4C3H7NO.2Zn/c35-23-9-1-5-19(31(23)43)15-37-25-13-26(38-16-20-6-2-10-24(36)32(20)44)28(40-18-22-8-4-12-30(34(22)46)42(49)50)14-27(25)39-17-21-7-3-11-29(33(21)45)41(47)48;4*1-4(2)3-5;;/h1-18,43-46H;4*3H,1-2H3;;/q;;;;;2*+2/p-4. The summed E-state index contributed by atoms with van der Waals surface area (Å²) in [5.41, 5.74) is -0.821. The fourth-order valence-corrected chi connectivity index (χ4v) is 5.12. The summed E-state index contributed by atoms with van der Waals surface area (Å²) in [6, 6.07) is 19.7. The molecule has 0 aliphatic rings. The molecule has 0 heterocycles. The van der Waals surface area contributed by atoms with E-state index < -0.39 is 32.7 Å². The molecular weight excluding hydrogens is 1180 g/mol. The van der Waals surface area contributed by atoms with Crippen molar-refractivity contribution in [2.75, 3.05) is 56.4 Å². The molecule has 0 aromatic heterocycles. The van der Waals surface area contributed by atoms with Crippen LogP contribution < -0.4 is 20.4 Å². The van der Waals surface area contributed by atoms with E-state index in [9.17, 15) is 59.8 Å². The van der Waals surface area contributed by atoms with Gasteiger partial charge in [0.05, 0.1) is 32.6 Å². The van der Waals surface area contributed by atoms with Gasteiger partial charge in [0.1, 0.15) is 0 Å². The van der Waals surface area contributed by atoms with Gasteiger partial charge < -0.3 is 40.0 Å². The number of carbonyl (C=O) groups excluding carboxylic acids is 4. The van der Waals surface area contributed by atoms with E-state index in [0.29, 0.717) is 8.95 Å². The Kier molecular flexibility index (Phi) is 32.6. The van der Waals surface area contributed by atoms with Crippen LogP contribution >= 0.6 is 31.9 Å². The maximum atomic E-state index is 12.7. The second-order valence-corrected chi connectivity index (χ2v) is 16.1. The number of benzene rings is 5. The van der Waals surface area contributed by atoms with Crippen LogP contribution in [0.3, 0.4) is 0 Å². The third kappa shape index (κ3) is 23.7. The number of nitro groups is 2. The molecule has 0 bridgehead atoms. The first-order valence-corrected chi connectivity index (χ1v) is 21.2. The number of amides is 4. The second kappa shape index (κ2) is 35.0. The summed E-state index contributed by atoms with van der Waals surface area (Å²) >= 11 is 6.38. The van der Waals surface area contributed by atoms with Gasteiger partial charge in [-0.05, 0) is 58.0 Å². The molecule has 4 amide bonds. The van der Waals surface area contributed by atoms with Crippen LogP contribution in [0.2, 0.25) is 0 Å². The molecule has 22 nitrogen and oxygen atoms in total. The Balaban J connectivity index is 0. The van der Waals surface area contributed by atoms with Crippen LogP contribution in [0.15, 0.2) is 114 Å². The summed E-state index contributed by atoms with van der Waals surface area (Å²) in [4.78, 5) is 82.2. The molecule has 370 valence electrons. The number of nitrogens with zero attached hydrogens (tertiary/aromatic N) is 10. The van der Waals surface area contributed by atoms with Crippen LogP contribution in [0, 0.1) is 20.2 Å². The predicted octanol–water partition coefficient (Wildman–Crippen LogP) is 5.14. The van der Waals surface area contributed by atoms with Crippen LogP contribution in [0.25, 0.3) is 0 Å². The van der Waals surface area contributed by atoms with Crippen LogP contribution in [0.1, 0.15) is 22.3 Å². The zero-order valence-electron chi connectivity index (χ0n) is 40.2. The van der Waals surface area contributed by atoms with Crippen molar-refractivity contribution in [1.29, 1.82) is 0 Å². The maximum absolute atomic E-state index is 12.7. The third-order valence-electron chi connectivity index (χ3n) is 7.72. The minimum atomic E-state index is -0.882. The van der Waals surface area contributed by atoms with Gasteiger partial charge in [0.15, 0.2) is 0 Å². The Morgan fingerprint density at radius 2 is 0.625 bits per heavy atom. The molecular formula is C46H46Br2N10O12Zn2. The van der Waals surface area contributed by atoms with Crippen LogP contribution in [0.4, 0.5) is 34.1 Å². The molecule has 0 N–H and O–H groups in total. The van der Waals surface area contributed by atoms with Crippen molar-refractivity contribution in [3.63, 3.8) is 0 Å². The minimum Gasteiger partial charge on any atom is -0.871 e.